The molecule has 1 aliphatic carbocycles. The van der Waals surface area contributed by atoms with Gasteiger partial charge in [0.05, 0.1) is 0 Å². The number of carbonyl (C=O) groups is 1. The van der Waals surface area contributed by atoms with Gasteiger partial charge in [0.2, 0.25) is 5.91 Å². The fraction of sp³-hybridized carbons (Fsp3) is 0.923. The van der Waals surface area contributed by atoms with Crippen LogP contribution >= 0.6 is 0 Å². The van der Waals surface area contributed by atoms with Gasteiger partial charge < -0.3 is 4.90 Å². The van der Waals surface area contributed by atoms with E-state index in [-0.39, 0.29) is 5.91 Å². The van der Waals surface area contributed by atoms with Gasteiger partial charge in [0, 0.05) is 20.0 Å². The predicted molar refractivity (Wildman–Crippen MR) is 63.7 cm³/mol. The summed E-state index contributed by atoms with van der Waals surface area (Å²) < 4.78 is 0. The van der Waals surface area contributed by atoms with Crippen LogP contribution < -0.4 is 0 Å². The lowest BCUT2D eigenvalue weighted by molar-refractivity contribution is -0.132. The summed E-state index contributed by atoms with van der Waals surface area (Å²) in [5, 5.41) is 0. The normalized spacial score (nSPS) is 24.1. The fourth-order valence-electron chi connectivity index (χ4n) is 3.12. The smallest absolute Gasteiger partial charge is 0.219 e. The Morgan fingerprint density at radius 2 is 1.67 bits per heavy atom. The first-order valence-corrected chi connectivity index (χ1v) is 6.37. The number of rotatable bonds is 0. The van der Waals surface area contributed by atoms with Crippen molar-refractivity contribution < 1.29 is 4.79 Å². The van der Waals surface area contributed by atoms with E-state index in [9.17, 15) is 4.79 Å². The highest BCUT2D eigenvalue weighted by Crippen LogP contribution is 2.52. The highest BCUT2D eigenvalue weighted by molar-refractivity contribution is 5.73. The first kappa shape index (κ1) is 12.5. The summed E-state index contributed by atoms with van der Waals surface area (Å²) >= 11 is 0. The number of piperidine rings is 1. The van der Waals surface area contributed by atoms with Gasteiger partial charge in [0.15, 0.2) is 0 Å². The first-order chi connectivity index (χ1) is 7.11. The summed E-state index contributed by atoms with van der Waals surface area (Å²) in [4.78, 5) is 13.1. The Morgan fingerprint density at radius 1 is 1.20 bits per heavy atom. The molecule has 2 heteroatoms. The standard InChI is InChI=1S/C11H19NO.C2H6/c1-9-7-11(8-9)3-5-12(6-4-11)10(2)13;1-2/h9H,3-8H2,1-2H3;1-2H3. The summed E-state index contributed by atoms with van der Waals surface area (Å²) in [5.74, 6) is 1.19. The molecule has 1 saturated carbocycles. The van der Waals surface area contributed by atoms with Gasteiger partial charge in [-0.1, -0.05) is 20.8 Å². The number of likely N-dealkylation sites (tertiary alicyclic amines) is 1. The molecule has 0 aromatic rings. The van der Waals surface area contributed by atoms with E-state index in [1.807, 2.05) is 18.7 Å². The summed E-state index contributed by atoms with van der Waals surface area (Å²) in [6, 6.07) is 0. The van der Waals surface area contributed by atoms with Crippen molar-refractivity contribution in [3.8, 4) is 0 Å². The third kappa shape index (κ3) is 2.73. The van der Waals surface area contributed by atoms with Gasteiger partial charge in [0.1, 0.15) is 0 Å². The molecular weight excluding hydrogens is 186 g/mol. The van der Waals surface area contributed by atoms with Crippen molar-refractivity contribution in [2.45, 2.75) is 53.4 Å². The molecule has 0 aromatic carbocycles. The van der Waals surface area contributed by atoms with Crippen molar-refractivity contribution >= 4 is 5.91 Å². The van der Waals surface area contributed by atoms with Crippen molar-refractivity contribution in [1.82, 2.24) is 4.90 Å². The summed E-state index contributed by atoms with van der Waals surface area (Å²) in [5.41, 5.74) is 0.644. The lowest BCUT2D eigenvalue weighted by atomic mass is 9.58. The molecule has 1 amide bonds. The molecule has 0 unspecified atom stereocenters. The molecule has 88 valence electrons. The summed E-state index contributed by atoms with van der Waals surface area (Å²) in [7, 11) is 0. The summed E-state index contributed by atoms with van der Waals surface area (Å²) in [6.07, 6.45) is 5.30. The van der Waals surface area contributed by atoms with Gasteiger partial charge in [-0.25, -0.2) is 0 Å². The van der Waals surface area contributed by atoms with Crippen LogP contribution in [0.1, 0.15) is 53.4 Å². The van der Waals surface area contributed by atoms with Crippen LogP contribution in [-0.2, 0) is 4.79 Å². The lowest BCUT2D eigenvalue weighted by Gasteiger charge is -2.51. The molecule has 1 saturated heterocycles. The highest BCUT2D eigenvalue weighted by atomic mass is 16.2. The van der Waals surface area contributed by atoms with E-state index in [0.717, 1.165) is 19.0 Å². The minimum Gasteiger partial charge on any atom is -0.343 e. The Labute approximate surface area is 94.0 Å². The molecule has 0 bridgehead atoms. The van der Waals surface area contributed by atoms with Crippen molar-refractivity contribution in [2.24, 2.45) is 11.3 Å². The van der Waals surface area contributed by atoms with E-state index in [0.29, 0.717) is 5.41 Å². The van der Waals surface area contributed by atoms with Crippen LogP contribution in [0.5, 0.6) is 0 Å². The number of hydrogen-bond acceptors (Lipinski definition) is 1. The van der Waals surface area contributed by atoms with E-state index in [4.69, 9.17) is 0 Å². The molecule has 1 heterocycles. The lowest BCUT2D eigenvalue weighted by Crippen LogP contribution is -2.47. The molecular formula is C13H25NO. The zero-order valence-electron chi connectivity index (χ0n) is 10.7. The molecule has 1 spiro atoms. The van der Waals surface area contributed by atoms with Gasteiger partial charge in [-0.15, -0.1) is 0 Å². The third-order valence-corrected chi connectivity index (χ3v) is 3.83. The second kappa shape index (κ2) is 5.00. The third-order valence-electron chi connectivity index (χ3n) is 3.83. The van der Waals surface area contributed by atoms with Crippen LogP contribution in [0.4, 0.5) is 0 Å². The van der Waals surface area contributed by atoms with Gasteiger partial charge in [-0.2, -0.15) is 0 Å². The van der Waals surface area contributed by atoms with E-state index in [1.165, 1.54) is 25.7 Å². The zero-order valence-corrected chi connectivity index (χ0v) is 10.7. The Kier molecular flexibility index (Phi) is 4.18. The first-order valence-electron chi connectivity index (χ1n) is 6.37. The topological polar surface area (TPSA) is 20.3 Å². The maximum atomic E-state index is 11.1. The SMILES string of the molecule is CC.CC(=O)N1CCC2(CC1)CC(C)C2. The van der Waals surface area contributed by atoms with Gasteiger partial charge in [-0.05, 0) is 37.0 Å². The van der Waals surface area contributed by atoms with E-state index >= 15 is 0 Å². The fourth-order valence-corrected chi connectivity index (χ4v) is 3.12. The molecule has 0 atom stereocenters. The van der Waals surface area contributed by atoms with E-state index < -0.39 is 0 Å². The second-order valence-electron chi connectivity index (χ2n) is 5.02. The molecule has 1 aliphatic heterocycles. The molecule has 0 N–H and O–H groups in total. The van der Waals surface area contributed by atoms with Gasteiger partial charge >= 0.3 is 0 Å². The van der Waals surface area contributed by atoms with Crippen LogP contribution in [0, 0.1) is 11.3 Å². The van der Waals surface area contributed by atoms with Gasteiger partial charge in [-0.3, -0.25) is 4.79 Å². The quantitative estimate of drug-likeness (QED) is 0.603. The van der Waals surface area contributed by atoms with Crippen LogP contribution in [-0.4, -0.2) is 23.9 Å². The van der Waals surface area contributed by atoms with Crippen molar-refractivity contribution in [3.63, 3.8) is 0 Å². The van der Waals surface area contributed by atoms with Crippen molar-refractivity contribution in [1.29, 1.82) is 0 Å². The van der Waals surface area contributed by atoms with Crippen LogP contribution in [0.2, 0.25) is 0 Å². The molecule has 2 nitrogen and oxygen atoms in total. The maximum Gasteiger partial charge on any atom is 0.219 e. The molecule has 15 heavy (non-hydrogen) atoms. The largest absolute Gasteiger partial charge is 0.343 e. The molecule has 2 rings (SSSR count). The monoisotopic (exact) mass is 211 g/mol. The Morgan fingerprint density at radius 3 is 2.00 bits per heavy atom. The van der Waals surface area contributed by atoms with Crippen molar-refractivity contribution in [2.75, 3.05) is 13.1 Å². The van der Waals surface area contributed by atoms with E-state index in [2.05, 4.69) is 6.92 Å². The maximum absolute atomic E-state index is 11.1. The summed E-state index contributed by atoms with van der Waals surface area (Å²) in [6.45, 7) is 10.0. The molecule has 2 fully saturated rings. The average Bonchev–Trinajstić information content (AvgIpc) is 2.19. The van der Waals surface area contributed by atoms with E-state index in [1.54, 1.807) is 6.92 Å². The second-order valence-corrected chi connectivity index (χ2v) is 5.02. The number of amides is 1. The minimum absolute atomic E-state index is 0.252. The number of carbonyl (C=O) groups excluding carboxylic acids is 1. The Hall–Kier alpha value is -0.530. The number of hydrogen-bond donors (Lipinski definition) is 0. The predicted octanol–water partition coefficient (Wildman–Crippen LogP) is 3.07. The number of nitrogens with zero attached hydrogens (tertiary/aromatic N) is 1. The highest BCUT2D eigenvalue weighted by Gasteiger charge is 2.43. The Balaban J connectivity index is 0.000000531. The van der Waals surface area contributed by atoms with Gasteiger partial charge in [0.25, 0.3) is 0 Å². The minimum atomic E-state index is 0.252. The molecule has 2 aliphatic rings. The van der Waals surface area contributed by atoms with Crippen molar-refractivity contribution in [3.05, 3.63) is 0 Å². The zero-order chi connectivity index (χ0) is 11.5. The van der Waals surface area contributed by atoms with Crippen LogP contribution in [0.25, 0.3) is 0 Å². The average molecular weight is 211 g/mol. The Bertz CT molecular complexity index is 209. The molecule has 0 aromatic heterocycles. The molecule has 0 radical (unpaired) electrons. The van der Waals surface area contributed by atoms with Crippen LogP contribution in [0.3, 0.4) is 0 Å². The van der Waals surface area contributed by atoms with Crippen LogP contribution in [0.15, 0.2) is 0 Å².